The minimum atomic E-state index is -0.0212. The van der Waals surface area contributed by atoms with Crippen LogP contribution < -0.4 is 16.1 Å². The summed E-state index contributed by atoms with van der Waals surface area (Å²) in [5.74, 6) is 0.110. The van der Waals surface area contributed by atoms with Crippen molar-refractivity contribution in [3.05, 3.63) is 35.9 Å². The minimum absolute atomic E-state index is 0.00748. The SMILES string of the molecule is CSC1NC(=O)C2CNN(Cc3ccccc3)C2N1. The molecule has 1 aromatic carbocycles. The van der Waals surface area contributed by atoms with E-state index < -0.39 is 0 Å². The second-order valence-corrected chi connectivity index (χ2v) is 5.76. The van der Waals surface area contributed by atoms with Crippen LogP contribution in [0.1, 0.15) is 5.56 Å². The largest absolute Gasteiger partial charge is 0.331 e. The molecule has 3 atom stereocenters. The van der Waals surface area contributed by atoms with Crippen LogP contribution in [-0.4, -0.2) is 35.4 Å². The van der Waals surface area contributed by atoms with E-state index in [1.54, 1.807) is 11.8 Å². The van der Waals surface area contributed by atoms with Gasteiger partial charge in [-0.05, 0) is 11.8 Å². The van der Waals surface area contributed by atoms with Gasteiger partial charge in [0, 0.05) is 13.1 Å². The number of benzene rings is 1. The lowest BCUT2D eigenvalue weighted by atomic mass is 10.1. The van der Waals surface area contributed by atoms with Crippen molar-refractivity contribution in [2.45, 2.75) is 18.2 Å². The number of nitrogens with one attached hydrogen (secondary N) is 3. The van der Waals surface area contributed by atoms with Crippen LogP contribution in [0.5, 0.6) is 0 Å². The van der Waals surface area contributed by atoms with Crippen LogP contribution in [0.4, 0.5) is 0 Å². The number of hydrogen-bond acceptors (Lipinski definition) is 5. The van der Waals surface area contributed by atoms with Crippen LogP contribution in [0, 0.1) is 5.92 Å². The normalized spacial score (nSPS) is 31.0. The number of rotatable bonds is 3. The number of fused-ring (bicyclic) bond motifs is 1. The Labute approximate surface area is 117 Å². The van der Waals surface area contributed by atoms with Crippen molar-refractivity contribution in [2.24, 2.45) is 5.92 Å². The van der Waals surface area contributed by atoms with Gasteiger partial charge in [0.2, 0.25) is 5.91 Å². The lowest BCUT2D eigenvalue weighted by Gasteiger charge is -2.35. The van der Waals surface area contributed by atoms with E-state index in [4.69, 9.17) is 0 Å². The van der Waals surface area contributed by atoms with E-state index in [1.807, 2.05) is 24.5 Å². The number of carbonyl (C=O) groups is 1. The van der Waals surface area contributed by atoms with Gasteiger partial charge in [-0.2, -0.15) is 0 Å². The highest BCUT2D eigenvalue weighted by atomic mass is 32.2. The van der Waals surface area contributed by atoms with Crippen molar-refractivity contribution in [3.63, 3.8) is 0 Å². The Bertz CT molecular complexity index is 455. The fourth-order valence-electron chi connectivity index (χ4n) is 2.58. The van der Waals surface area contributed by atoms with Crippen molar-refractivity contribution < 1.29 is 4.79 Å². The van der Waals surface area contributed by atoms with E-state index in [-0.39, 0.29) is 23.5 Å². The maximum atomic E-state index is 12.0. The lowest BCUT2D eigenvalue weighted by Crippen LogP contribution is -2.62. The Morgan fingerprint density at radius 2 is 2.16 bits per heavy atom. The van der Waals surface area contributed by atoms with E-state index in [2.05, 4.69) is 33.2 Å². The summed E-state index contributed by atoms with van der Waals surface area (Å²) >= 11 is 1.61. The molecule has 1 aromatic rings. The first-order valence-electron chi connectivity index (χ1n) is 6.41. The summed E-state index contributed by atoms with van der Waals surface area (Å²) in [6, 6.07) is 10.3. The second kappa shape index (κ2) is 5.50. The third-order valence-corrected chi connectivity index (χ3v) is 4.32. The van der Waals surface area contributed by atoms with Crippen LogP contribution in [0.25, 0.3) is 0 Å². The van der Waals surface area contributed by atoms with Crippen LogP contribution in [-0.2, 0) is 11.3 Å². The van der Waals surface area contributed by atoms with Crippen LogP contribution >= 0.6 is 11.8 Å². The molecule has 6 heteroatoms. The molecule has 1 amide bonds. The summed E-state index contributed by atoms with van der Waals surface area (Å²) in [4.78, 5) is 12.0. The van der Waals surface area contributed by atoms with Crippen molar-refractivity contribution >= 4 is 17.7 Å². The molecule has 2 aliphatic rings. The summed E-state index contributed by atoms with van der Waals surface area (Å²) in [7, 11) is 0. The van der Waals surface area contributed by atoms with Crippen molar-refractivity contribution in [2.75, 3.05) is 12.8 Å². The second-order valence-electron chi connectivity index (χ2n) is 4.82. The predicted molar refractivity (Wildman–Crippen MR) is 75.8 cm³/mol. The molecule has 2 heterocycles. The molecule has 2 saturated heterocycles. The maximum absolute atomic E-state index is 12.0. The molecule has 0 spiro atoms. The summed E-state index contributed by atoms with van der Waals surface area (Å²) in [6.07, 6.45) is 2.05. The van der Waals surface area contributed by atoms with Gasteiger partial charge >= 0.3 is 0 Å². The minimum Gasteiger partial charge on any atom is -0.331 e. The molecule has 102 valence electrons. The van der Waals surface area contributed by atoms with Crippen LogP contribution in [0.15, 0.2) is 30.3 Å². The highest BCUT2D eigenvalue weighted by Gasteiger charge is 2.43. The van der Waals surface area contributed by atoms with Gasteiger partial charge in [0.05, 0.1) is 12.1 Å². The average molecular weight is 278 g/mol. The van der Waals surface area contributed by atoms with Gasteiger partial charge in [-0.3, -0.25) is 15.5 Å². The molecule has 0 radical (unpaired) electrons. The molecule has 2 aliphatic heterocycles. The topological polar surface area (TPSA) is 56.4 Å². The third-order valence-electron chi connectivity index (χ3n) is 3.59. The van der Waals surface area contributed by atoms with E-state index in [1.165, 1.54) is 5.56 Å². The van der Waals surface area contributed by atoms with Crippen molar-refractivity contribution in [1.29, 1.82) is 0 Å². The number of amides is 1. The average Bonchev–Trinajstić information content (AvgIpc) is 2.83. The molecule has 2 fully saturated rings. The van der Waals surface area contributed by atoms with E-state index in [0.29, 0.717) is 6.54 Å². The number of carbonyl (C=O) groups excluding carboxylic acids is 1. The fourth-order valence-corrected chi connectivity index (χ4v) is 3.09. The Kier molecular flexibility index (Phi) is 3.74. The molecule has 0 bridgehead atoms. The van der Waals surface area contributed by atoms with Crippen LogP contribution in [0.2, 0.25) is 0 Å². The van der Waals surface area contributed by atoms with Gasteiger partial charge in [-0.15, -0.1) is 11.8 Å². The zero-order chi connectivity index (χ0) is 13.2. The Balaban J connectivity index is 1.72. The van der Waals surface area contributed by atoms with Gasteiger partial charge in [0.25, 0.3) is 0 Å². The molecule has 0 aromatic heterocycles. The van der Waals surface area contributed by atoms with Gasteiger partial charge in [-0.25, -0.2) is 5.01 Å². The maximum Gasteiger partial charge on any atom is 0.229 e. The third kappa shape index (κ3) is 2.62. The first-order valence-corrected chi connectivity index (χ1v) is 7.70. The molecule has 3 N–H and O–H groups in total. The quantitative estimate of drug-likeness (QED) is 0.743. The van der Waals surface area contributed by atoms with Crippen LogP contribution in [0.3, 0.4) is 0 Å². The van der Waals surface area contributed by atoms with Gasteiger partial charge in [0.1, 0.15) is 5.50 Å². The standard InChI is InChI=1S/C13H18N4OS/c1-19-13-15-11-10(12(18)16-13)7-14-17(11)8-9-5-3-2-4-6-9/h2-6,10-11,13-15H,7-8H2,1H3,(H,16,18). The van der Waals surface area contributed by atoms with Crippen molar-refractivity contribution in [1.82, 2.24) is 21.1 Å². The van der Waals surface area contributed by atoms with E-state index >= 15 is 0 Å². The Morgan fingerprint density at radius 3 is 2.89 bits per heavy atom. The summed E-state index contributed by atoms with van der Waals surface area (Å²) in [5.41, 5.74) is 4.56. The van der Waals surface area contributed by atoms with Gasteiger partial charge < -0.3 is 5.32 Å². The van der Waals surface area contributed by atoms with Gasteiger partial charge in [0.15, 0.2) is 0 Å². The van der Waals surface area contributed by atoms with Gasteiger partial charge in [-0.1, -0.05) is 30.3 Å². The monoisotopic (exact) mass is 278 g/mol. The Hall–Kier alpha value is -1.08. The summed E-state index contributed by atoms with van der Waals surface area (Å²) < 4.78 is 0. The summed E-state index contributed by atoms with van der Waals surface area (Å²) in [6.45, 7) is 1.49. The zero-order valence-electron chi connectivity index (χ0n) is 10.8. The molecule has 0 aliphatic carbocycles. The molecule has 3 unspecified atom stereocenters. The molecule has 5 nitrogen and oxygen atoms in total. The molecule has 0 saturated carbocycles. The smallest absolute Gasteiger partial charge is 0.229 e. The highest BCUT2D eigenvalue weighted by molar-refractivity contribution is 7.99. The van der Waals surface area contributed by atoms with Crippen molar-refractivity contribution in [3.8, 4) is 0 Å². The lowest BCUT2D eigenvalue weighted by molar-refractivity contribution is -0.128. The number of thioether (sulfide) groups is 1. The first kappa shape index (κ1) is 12.9. The highest BCUT2D eigenvalue weighted by Crippen LogP contribution is 2.22. The summed E-state index contributed by atoms with van der Waals surface area (Å²) in [5, 5.41) is 8.56. The zero-order valence-corrected chi connectivity index (χ0v) is 11.6. The number of hydrogen-bond donors (Lipinski definition) is 3. The molecular weight excluding hydrogens is 260 g/mol. The number of hydrazine groups is 1. The van der Waals surface area contributed by atoms with E-state index in [0.717, 1.165) is 6.54 Å². The molecular formula is C13H18N4OS. The first-order chi connectivity index (χ1) is 9.28. The molecule has 19 heavy (non-hydrogen) atoms. The fraction of sp³-hybridized carbons (Fsp3) is 0.462. The predicted octanol–water partition coefficient (Wildman–Crippen LogP) is 0.315. The Morgan fingerprint density at radius 1 is 1.37 bits per heavy atom. The van der Waals surface area contributed by atoms with E-state index in [9.17, 15) is 4.79 Å². The number of nitrogens with zero attached hydrogens (tertiary/aromatic N) is 1. The molecule has 3 rings (SSSR count).